The SMILES string of the molecule is O=C1C(=O)N(Cc2ccccc2)C(=O)N1CCc1ccccc1. The van der Waals surface area contributed by atoms with Gasteiger partial charge in [-0.3, -0.25) is 19.4 Å². The van der Waals surface area contributed by atoms with Crippen molar-refractivity contribution in [2.24, 2.45) is 0 Å². The number of urea groups is 1. The van der Waals surface area contributed by atoms with Gasteiger partial charge in [0.1, 0.15) is 0 Å². The smallest absolute Gasteiger partial charge is 0.263 e. The molecule has 0 spiro atoms. The first-order chi connectivity index (χ1) is 11.2. The minimum absolute atomic E-state index is 0.117. The van der Waals surface area contributed by atoms with E-state index in [1.54, 1.807) is 0 Å². The predicted molar refractivity (Wildman–Crippen MR) is 84.2 cm³/mol. The van der Waals surface area contributed by atoms with Crippen molar-refractivity contribution in [3.8, 4) is 0 Å². The number of hydrogen-bond donors (Lipinski definition) is 0. The highest BCUT2D eigenvalue weighted by atomic mass is 16.2. The number of nitrogens with zero attached hydrogens (tertiary/aromatic N) is 2. The van der Waals surface area contributed by atoms with Gasteiger partial charge in [0.2, 0.25) is 0 Å². The van der Waals surface area contributed by atoms with Crippen molar-refractivity contribution >= 4 is 17.8 Å². The highest BCUT2D eigenvalue weighted by Crippen LogP contribution is 2.16. The van der Waals surface area contributed by atoms with Gasteiger partial charge in [-0.15, -0.1) is 0 Å². The van der Waals surface area contributed by atoms with E-state index in [9.17, 15) is 14.4 Å². The molecule has 5 nitrogen and oxygen atoms in total. The first-order valence-electron chi connectivity index (χ1n) is 7.42. The van der Waals surface area contributed by atoms with Crippen molar-refractivity contribution in [2.45, 2.75) is 13.0 Å². The molecule has 1 fully saturated rings. The molecule has 1 heterocycles. The number of carbonyl (C=O) groups is 3. The topological polar surface area (TPSA) is 57.7 Å². The molecule has 0 N–H and O–H groups in total. The molecule has 0 aromatic heterocycles. The van der Waals surface area contributed by atoms with E-state index in [1.807, 2.05) is 60.7 Å². The Bertz CT molecular complexity index is 728. The Hall–Kier alpha value is -2.95. The second-order valence-electron chi connectivity index (χ2n) is 5.35. The third-order valence-electron chi connectivity index (χ3n) is 3.79. The van der Waals surface area contributed by atoms with Crippen LogP contribution in [0.15, 0.2) is 60.7 Å². The van der Waals surface area contributed by atoms with Crippen LogP contribution in [-0.4, -0.2) is 34.2 Å². The Morgan fingerprint density at radius 2 is 1.17 bits per heavy atom. The zero-order chi connectivity index (χ0) is 16.2. The molecule has 1 aliphatic heterocycles. The average molecular weight is 308 g/mol. The first kappa shape index (κ1) is 15.0. The highest BCUT2D eigenvalue weighted by molar-refractivity contribution is 6.44. The largest absolute Gasteiger partial charge is 0.334 e. The lowest BCUT2D eigenvalue weighted by Gasteiger charge is -2.15. The maximum absolute atomic E-state index is 12.4. The van der Waals surface area contributed by atoms with E-state index >= 15 is 0 Å². The van der Waals surface area contributed by atoms with Gasteiger partial charge >= 0.3 is 17.8 Å². The molecule has 5 heteroatoms. The molecule has 116 valence electrons. The molecule has 3 rings (SSSR count). The summed E-state index contributed by atoms with van der Waals surface area (Å²) in [6.45, 7) is 0.324. The summed E-state index contributed by atoms with van der Waals surface area (Å²) in [6.07, 6.45) is 0.533. The zero-order valence-electron chi connectivity index (χ0n) is 12.5. The minimum Gasteiger partial charge on any atom is -0.263 e. The zero-order valence-corrected chi connectivity index (χ0v) is 12.5. The molecule has 0 unspecified atom stereocenters. The fourth-order valence-corrected chi connectivity index (χ4v) is 2.54. The first-order valence-corrected chi connectivity index (χ1v) is 7.42. The number of amides is 4. The number of carbonyl (C=O) groups excluding carboxylic acids is 3. The second kappa shape index (κ2) is 6.44. The molecule has 2 aromatic carbocycles. The second-order valence-corrected chi connectivity index (χ2v) is 5.35. The molecule has 4 amide bonds. The summed E-state index contributed by atoms with van der Waals surface area (Å²) < 4.78 is 0. The molecule has 1 saturated heterocycles. The predicted octanol–water partition coefficient (Wildman–Crippen LogP) is 2.22. The molecule has 23 heavy (non-hydrogen) atoms. The van der Waals surface area contributed by atoms with Gasteiger partial charge < -0.3 is 0 Å². The molecule has 1 aliphatic rings. The van der Waals surface area contributed by atoms with Crippen molar-refractivity contribution in [2.75, 3.05) is 6.54 Å². The van der Waals surface area contributed by atoms with Crippen LogP contribution in [0.4, 0.5) is 4.79 Å². The van der Waals surface area contributed by atoms with Crippen LogP contribution in [0.25, 0.3) is 0 Å². The van der Waals surface area contributed by atoms with Gasteiger partial charge in [-0.25, -0.2) is 4.79 Å². The van der Waals surface area contributed by atoms with Crippen molar-refractivity contribution in [3.05, 3.63) is 71.8 Å². The minimum atomic E-state index is -0.757. The summed E-state index contributed by atoms with van der Waals surface area (Å²) in [7, 11) is 0. The van der Waals surface area contributed by atoms with Gasteiger partial charge in [0.05, 0.1) is 6.54 Å². The fraction of sp³-hybridized carbons (Fsp3) is 0.167. The van der Waals surface area contributed by atoms with Gasteiger partial charge in [-0.2, -0.15) is 0 Å². The Kier molecular flexibility index (Phi) is 4.19. The van der Waals surface area contributed by atoms with Crippen LogP contribution in [-0.2, 0) is 22.6 Å². The van der Waals surface area contributed by atoms with Crippen LogP contribution in [0.3, 0.4) is 0 Å². The van der Waals surface area contributed by atoms with Gasteiger partial charge in [0.15, 0.2) is 0 Å². The molecular formula is C18H16N2O3. The summed E-state index contributed by atoms with van der Waals surface area (Å²) in [5.41, 5.74) is 1.83. The number of imide groups is 2. The van der Waals surface area contributed by atoms with Gasteiger partial charge in [0, 0.05) is 6.54 Å². The Morgan fingerprint density at radius 1 is 0.652 bits per heavy atom. The van der Waals surface area contributed by atoms with E-state index in [1.165, 1.54) is 0 Å². The molecule has 0 bridgehead atoms. The molecule has 0 aliphatic carbocycles. The summed E-state index contributed by atoms with van der Waals surface area (Å²) in [4.78, 5) is 38.5. The standard InChI is InChI=1S/C18H16N2O3/c21-16-17(22)20(13-15-9-5-2-6-10-15)18(23)19(16)12-11-14-7-3-1-4-8-14/h1-10H,11-13H2. The quantitative estimate of drug-likeness (QED) is 0.628. The highest BCUT2D eigenvalue weighted by Gasteiger charge is 2.43. The third-order valence-corrected chi connectivity index (χ3v) is 3.79. The fourth-order valence-electron chi connectivity index (χ4n) is 2.54. The Morgan fingerprint density at radius 3 is 1.78 bits per heavy atom. The summed E-state index contributed by atoms with van der Waals surface area (Å²) >= 11 is 0. The van der Waals surface area contributed by atoms with E-state index < -0.39 is 17.8 Å². The van der Waals surface area contributed by atoms with Crippen LogP contribution in [0, 0.1) is 0 Å². The van der Waals surface area contributed by atoms with Crippen LogP contribution in [0.5, 0.6) is 0 Å². The normalized spacial score (nSPS) is 14.7. The maximum atomic E-state index is 12.4. The van der Waals surface area contributed by atoms with Crippen LogP contribution < -0.4 is 0 Å². The van der Waals surface area contributed by atoms with Gasteiger partial charge in [-0.05, 0) is 17.5 Å². The lowest BCUT2D eigenvalue weighted by atomic mass is 10.1. The van der Waals surface area contributed by atoms with Gasteiger partial charge in [-0.1, -0.05) is 60.7 Å². The average Bonchev–Trinajstić information content (AvgIpc) is 2.79. The molecule has 0 atom stereocenters. The monoisotopic (exact) mass is 308 g/mol. The molecule has 0 radical (unpaired) electrons. The Labute approximate surface area is 134 Å². The number of benzene rings is 2. The lowest BCUT2D eigenvalue weighted by Crippen LogP contribution is -2.34. The van der Waals surface area contributed by atoms with Crippen molar-refractivity contribution in [3.63, 3.8) is 0 Å². The third kappa shape index (κ3) is 3.13. The van der Waals surface area contributed by atoms with Crippen molar-refractivity contribution < 1.29 is 14.4 Å². The summed E-state index contributed by atoms with van der Waals surface area (Å²) in [6, 6.07) is 18.2. The van der Waals surface area contributed by atoms with Crippen LogP contribution in [0.2, 0.25) is 0 Å². The van der Waals surface area contributed by atoms with Crippen molar-refractivity contribution in [1.29, 1.82) is 0 Å². The lowest BCUT2D eigenvalue weighted by molar-refractivity contribution is -0.143. The maximum Gasteiger partial charge on any atom is 0.334 e. The van der Waals surface area contributed by atoms with Crippen LogP contribution >= 0.6 is 0 Å². The molecule has 0 saturated carbocycles. The number of hydrogen-bond acceptors (Lipinski definition) is 3. The summed E-state index contributed by atoms with van der Waals surface area (Å²) in [5, 5.41) is 0. The van der Waals surface area contributed by atoms with Crippen molar-refractivity contribution in [1.82, 2.24) is 9.80 Å². The summed E-state index contributed by atoms with van der Waals surface area (Å²) in [5.74, 6) is -1.51. The number of rotatable bonds is 5. The van der Waals surface area contributed by atoms with Crippen LogP contribution in [0.1, 0.15) is 11.1 Å². The molecular weight excluding hydrogens is 292 g/mol. The van der Waals surface area contributed by atoms with E-state index in [-0.39, 0.29) is 13.1 Å². The van der Waals surface area contributed by atoms with E-state index in [0.717, 1.165) is 20.9 Å². The molecule has 2 aromatic rings. The van der Waals surface area contributed by atoms with E-state index in [0.29, 0.717) is 6.42 Å². The Balaban J connectivity index is 1.69. The van der Waals surface area contributed by atoms with E-state index in [2.05, 4.69) is 0 Å². The van der Waals surface area contributed by atoms with Gasteiger partial charge in [0.25, 0.3) is 0 Å². The van der Waals surface area contributed by atoms with E-state index in [4.69, 9.17) is 0 Å².